The maximum atomic E-state index is 13.6. The summed E-state index contributed by atoms with van der Waals surface area (Å²) >= 11 is 5.70. The molecule has 82 valence electrons. The minimum absolute atomic E-state index is 0.0158. The van der Waals surface area contributed by atoms with E-state index in [1.54, 1.807) is 6.07 Å². The van der Waals surface area contributed by atoms with Crippen LogP contribution in [0.5, 0.6) is 5.75 Å². The van der Waals surface area contributed by atoms with Gasteiger partial charge in [-0.1, -0.05) is 24.6 Å². The van der Waals surface area contributed by atoms with Gasteiger partial charge in [0.25, 0.3) is 0 Å². The minimum Gasteiger partial charge on any atom is -0.485 e. The lowest BCUT2D eigenvalue weighted by molar-refractivity contribution is 0.183. The summed E-state index contributed by atoms with van der Waals surface area (Å²) in [5.41, 5.74) is 0.853. The van der Waals surface area contributed by atoms with Gasteiger partial charge in [-0.15, -0.1) is 0 Å². The second-order valence-corrected chi connectivity index (χ2v) is 4.02. The van der Waals surface area contributed by atoms with Gasteiger partial charge in [-0.05, 0) is 19.5 Å². The quantitative estimate of drug-likeness (QED) is 0.842. The van der Waals surface area contributed by atoms with Crippen molar-refractivity contribution in [3.63, 3.8) is 0 Å². The zero-order chi connectivity index (χ0) is 11.0. The predicted octanol–water partition coefficient (Wildman–Crippen LogP) is 2.91. The summed E-state index contributed by atoms with van der Waals surface area (Å²) in [6, 6.07) is 3.44. The molecule has 15 heavy (non-hydrogen) atoms. The Kier molecular flexibility index (Phi) is 2.85. The highest BCUT2D eigenvalue weighted by Crippen LogP contribution is 2.41. The number of ether oxygens (including phenoxy) is 1. The van der Waals surface area contributed by atoms with Gasteiger partial charge in [0.1, 0.15) is 6.10 Å². The fraction of sp³-hybridized carbons (Fsp3) is 0.455. The van der Waals surface area contributed by atoms with Crippen LogP contribution in [0.3, 0.4) is 0 Å². The number of likely N-dealkylation sites (N-methyl/N-ethyl adjacent to an activating group) is 1. The molecule has 0 fully saturated rings. The predicted molar refractivity (Wildman–Crippen MR) is 57.9 cm³/mol. The number of rotatable bonds is 2. The van der Waals surface area contributed by atoms with Gasteiger partial charge in [0.05, 0.1) is 11.1 Å². The van der Waals surface area contributed by atoms with Gasteiger partial charge in [-0.2, -0.15) is 0 Å². The molecular formula is C11H13ClFNO. The first-order valence-electron chi connectivity index (χ1n) is 5.00. The average molecular weight is 230 g/mol. The molecule has 2 rings (SSSR count). The van der Waals surface area contributed by atoms with Crippen LogP contribution in [-0.4, -0.2) is 13.2 Å². The molecule has 2 unspecified atom stereocenters. The van der Waals surface area contributed by atoms with Crippen LogP contribution in [0, 0.1) is 5.82 Å². The highest BCUT2D eigenvalue weighted by Gasteiger charge is 2.34. The highest BCUT2D eigenvalue weighted by atomic mass is 35.5. The summed E-state index contributed by atoms with van der Waals surface area (Å²) in [6.45, 7) is 2.01. The molecule has 0 saturated heterocycles. The Hall–Kier alpha value is -0.800. The molecule has 1 aliphatic rings. The van der Waals surface area contributed by atoms with Crippen molar-refractivity contribution in [2.75, 3.05) is 7.05 Å². The van der Waals surface area contributed by atoms with Crippen LogP contribution in [0.4, 0.5) is 4.39 Å². The molecule has 2 nitrogen and oxygen atoms in total. The summed E-state index contributed by atoms with van der Waals surface area (Å²) in [5, 5.41) is 3.24. The zero-order valence-corrected chi connectivity index (χ0v) is 9.44. The molecule has 0 spiro atoms. The molecule has 0 amide bonds. The molecule has 0 aromatic heterocycles. The fourth-order valence-corrected chi connectivity index (χ4v) is 2.14. The number of hydrogen-bond acceptors (Lipinski definition) is 2. The van der Waals surface area contributed by atoms with Crippen molar-refractivity contribution >= 4 is 11.6 Å². The molecule has 0 saturated carbocycles. The van der Waals surface area contributed by atoms with E-state index in [1.165, 1.54) is 0 Å². The van der Waals surface area contributed by atoms with E-state index in [4.69, 9.17) is 16.3 Å². The van der Waals surface area contributed by atoms with Gasteiger partial charge in [-0.25, -0.2) is 4.39 Å². The van der Waals surface area contributed by atoms with Crippen LogP contribution in [0.15, 0.2) is 12.1 Å². The number of benzene rings is 1. The van der Waals surface area contributed by atoms with Gasteiger partial charge in [0, 0.05) is 5.56 Å². The fourth-order valence-electron chi connectivity index (χ4n) is 1.99. The lowest BCUT2D eigenvalue weighted by Crippen LogP contribution is -2.27. The summed E-state index contributed by atoms with van der Waals surface area (Å²) in [5.74, 6) is -0.154. The lowest BCUT2D eigenvalue weighted by Gasteiger charge is -2.15. The first-order valence-corrected chi connectivity index (χ1v) is 5.38. The maximum Gasteiger partial charge on any atom is 0.183 e. The van der Waals surface area contributed by atoms with Crippen molar-refractivity contribution in [3.8, 4) is 5.75 Å². The van der Waals surface area contributed by atoms with Crippen LogP contribution in [-0.2, 0) is 0 Å². The molecule has 4 heteroatoms. The molecule has 1 aromatic rings. The van der Waals surface area contributed by atoms with Crippen LogP contribution >= 0.6 is 11.6 Å². The second kappa shape index (κ2) is 3.99. The summed E-state index contributed by atoms with van der Waals surface area (Å²) in [6.07, 6.45) is 0.815. The average Bonchev–Trinajstić information content (AvgIpc) is 2.61. The van der Waals surface area contributed by atoms with Gasteiger partial charge in [-0.3, -0.25) is 0 Å². The van der Waals surface area contributed by atoms with E-state index in [1.807, 2.05) is 20.0 Å². The maximum absolute atomic E-state index is 13.6. The Labute approximate surface area is 93.4 Å². The highest BCUT2D eigenvalue weighted by molar-refractivity contribution is 6.30. The number of halogens is 2. The van der Waals surface area contributed by atoms with Crippen molar-refractivity contribution in [2.45, 2.75) is 25.5 Å². The standard InChI is InChI=1S/C11H13ClFNO/c1-3-8-10(14-2)6-4-5-7(12)9(13)11(6)15-8/h4-5,8,10,14H,3H2,1-2H3. The smallest absolute Gasteiger partial charge is 0.183 e. The molecule has 1 aromatic carbocycles. The van der Waals surface area contributed by atoms with Gasteiger partial charge in [0.15, 0.2) is 11.6 Å². The van der Waals surface area contributed by atoms with E-state index in [-0.39, 0.29) is 17.2 Å². The van der Waals surface area contributed by atoms with E-state index in [0.717, 1.165) is 12.0 Å². The van der Waals surface area contributed by atoms with Crippen molar-refractivity contribution in [3.05, 3.63) is 28.5 Å². The van der Waals surface area contributed by atoms with Crippen LogP contribution < -0.4 is 10.1 Å². The van der Waals surface area contributed by atoms with Gasteiger partial charge < -0.3 is 10.1 Å². The van der Waals surface area contributed by atoms with E-state index in [2.05, 4.69) is 5.32 Å². The largest absolute Gasteiger partial charge is 0.485 e. The summed E-state index contributed by atoms with van der Waals surface area (Å²) in [4.78, 5) is 0. The van der Waals surface area contributed by atoms with Crippen molar-refractivity contribution < 1.29 is 9.13 Å². The van der Waals surface area contributed by atoms with E-state index >= 15 is 0 Å². The van der Waals surface area contributed by atoms with Crippen LogP contribution in [0.1, 0.15) is 24.9 Å². The molecule has 1 aliphatic heterocycles. The normalized spacial score (nSPS) is 23.7. The van der Waals surface area contributed by atoms with E-state index in [0.29, 0.717) is 5.75 Å². The molecule has 0 bridgehead atoms. The lowest BCUT2D eigenvalue weighted by atomic mass is 10.0. The molecule has 1 N–H and O–H groups in total. The third kappa shape index (κ3) is 1.60. The van der Waals surface area contributed by atoms with Crippen molar-refractivity contribution in [1.82, 2.24) is 5.32 Å². The molecule has 0 radical (unpaired) electrons. The second-order valence-electron chi connectivity index (χ2n) is 3.61. The minimum atomic E-state index is -0.453. The topological polar surface area (TPSA) is 21.3 Å². The van der Waals surface area contributed by atoms with Crippen LogP contribution in [0.2, 0.25) is 5.02 Å². The Morgan fingerprint density at radius 3 is 2.87 bits per heavy atom. The van der Waals surface area contributed by atoms with Crippen molar-refractivity contribution in [1.29, 1.82) is 0 Å². The number of fused-ring (bicyclic) bond motifs is 1. The first-order chi connectivity index (χ1) is 7.19. The molecule has 2 atom stereocenters. The van der Waals surface area contributed by atoms with E-state index in [9.17, 15) is 4.39 Å². The van der Waals surface area contributed by atoms with Crippen molar-refractivity contribution in [2.24, 2.45) is 0 Å². The van der Waals surface area contributed by atoms with Gasteiger partial charge in [0.2, 0.25) is 0 Å². The third-order valence-corrected chi connectivity index (χ3v) is 3.06. The summed E-state index contributed by atoms with van der Waals surface area (Å²) in [7, 11) is 1.85. The van der Waals surface area contributed by atoms with Gasteiger partial charge >= 0.3 is 0 Å². The zero-order valence-electron chi connectivity index (χ0n) is 8.68. The molecule has 1 heterocycles. The molecular weight excluding hydrogens is 217 g/mol. The summed E-state index contributed by atoms with van der Waals surface area (Å²) < 4.78 is 19.2. The third-order valence-electron chi connectivity index (χ3n) is 2.77. The number of hydrogen-bond donors (Lipinski definition) is 1. The Morgan fingerprint density at radius 2 is 2.27 bits per heavy atom. The SMILES string of the molecule is CCC1Oc2c(ccc(Cl)c2F)C1NC. The first kappa shape index (κ1) is 10.7. The number of nitrogens with one attached hydrogen (secondary N) is 1. The Balaban J connectivity index is 2.47. The Morgan fingerprint density at radius 1 is 1.53 bits per heavy atom. The molecule has 0 aliphatic carbocycles. The van der Waals surface area contributed by atoms with Crippen LogP contribution in [0.25, 0.3) is 0 Å². The monoisotopic (exact) mass is 229 g/mol. The Bertz CT molecular complexity index is 383. The van der Waals surface area contributed by atoms with E-state index < -0.39 is 5.82 Å².